The highest BCUT2D eigenvalue weighted by atomic mass is 35.5. The summed E-state index contributed by atoms with van der Waals surface area (Å²) < 4.78 is 0. The van der Waals surface area contributed by atoms with Crippen molar-refractivity contribution in [3.05, 3.63) is 81.1 Å². The zero-order valence-corrected chi connectivity index (χ0v) is 18.3. The van der Waals surface area contributed by atoms with Gasteiger partial charge in [0.15, 0.2) is 5.78 Å². The molecule has 29 heavy (non-hydrogen) atoms. The Bertz CT molecular complexity index is 1130. The van der Waals surface area contributed by atoms with Gasteiger partial charge in [-0.25, -0.2) is 0 Å². The van der Waals surface area contributed by atoms with Crippen molar-refractivity contribution >= 4 is 46.5 Å². The minimum absolute atomic E-state index is 0.107. The van der Waals surface area contributed by atoms with Gasteiger partial charge in [-0.1, -0.05) is 29.8 Å². The predicted molar refractivity (Wildman–Crippen MR) is 124 cm³/mol. The van der Waals surface area contributed by atoms with Crippen molar-refractivity contribution in [2.75, 3.05) is 11.9 Å². The summed E-state index contributed by atoms with van der Waals surface area (Å²) in [6, 6.07) is 14.2. The summed E-state index contributed by atoms with van der Waals surface area (Å²) in [7, 11) is 0. The number of anilines is 1. The van der Waals surface area contributed by atoms with Gasteiger partial charge in [-0.2, -0.15) is 0 Å². The summed E-state index contributed by atoms with van der Waals surface area (Å²) in [5.74, 6) is 0.891. The van der Waals surface area contributed by atoms with Gasteiger partial charge in [0.2, 0.25) is 0 Å². The minimum Gasteiger partial charge on any atom is -0.377 e. The molecule has 0 fully saturated rings. The Kier molecular flexibility index (Phi) is 5.57. The lowest BCUT2D eigenvalue weighted by atomic mass is 9.94. The molecule has 2 N–H and O–H groups in total. The largest absolute Gasteiger partial charge is 0.377 e. The van der Waals surface area contributed by atoms with Crippen molar-refractivity contribution < 1.29 is 4.79 Å². The van der Waals surface area contributed by atoms with E-state index in [1.165, 1.54) is 11.1 Å². The number of carbonyl (C=O) groups is 1. The fraction of sp³-hybridized carbons (Fsp3) is 0.208. The molecule has 0 radical (unpaired) electrons. The number of ketones is 1. The van der Waals surface area contributed by atoms with Crippen molar-refractivity contribution in [1.82, 2.24) is 4.98 Å². The highest BCUT2D eigenvalue weighted by Crippen LogP contribution is 2.36. The molecule has 2 aromatic carbocycles. The molecule has 0 atom stereocenters. The van der Waals surface area contributed by atoms with Crippen molar-refractivity contribution in [3.63, 3.8) is 0 Å². The van der Waals surface area contributed by atoms with Crippen LogP contribution in [-0.2, 0) is 10.5 Å². The molecule has 0 aliphatic carbocycles. The van der Waals surface area contributed by atoms with Crippen LogP contribution in [-0.4, -0.2) is 17.3 Å². The summed E-state index contributed by atoms with van der Waals surface area (Å²) in [4.78, 5) is 17.3. The first-order valence-electron chi connectivity index (χ1n) is 9.59. The zero-order valence-electron chi connectivity index (χ0n) is 16.7. The molecule has 1 aliphatic rings. The number of rotatable bonds is 4. The standard InChI is InChI=1S/C24H23ClN2OS/c1-14-15(2)23(27-16(14)3)11-20-19-10-18(8-9-22(19)26-12-24(20)28)29-13-17-6-4-5-7-21(17)25/h4-11,26-27H,12-13H2,1-3H3/b20-11-. The number of nitrogens with one attached hydrogen (secondary N) is 2. The SMILES string of the molecule is Cc1[nH]c(/C=C2\C(=O)CNc3ccc(SCc4ccccc4Cl)cc32)c(C)c1C. The molecule has 0 saturated carbocycles. The van der Waals surface area contributed by atoms with Crippen LogP contribution in [0.1, 0.15) is 33.6 Å². The van der Waals surface area contributed by atoms with Crippen molar-refractivity contribution in [2.45, 2.75) is 31.4 Å². The fourth-order valence-corrected chi connectivity index (χ4v) is 4.73. The lowest BCUT2D eigenvalue weighted by Crippen LogP contribution is -2.21. The maximum Gasteiger partial charge on any atom is 0.182 e. The summed E-state index contributed by atoms with van der Waals surface area (Å²) in [6.45, 7) is 6.58. The third kappa shape index (κ3) is 4.00. The van der Waals surface area contributed by atoms with Gasteiger partial charge in [-0.05, 0) is 67.8 Å². The first kappa shape index (κ1) is 19.9. The Labute approximate surface area is 180 Å². The molecule has 148 valence electrons. The highest BCUT2D eigenvalue weighted by Gasteiger charge is 2.22. The molecule has 0 bridgehead atoms. The van der Waals surface area contributed by atoms with E-state index in [4.69, 9.17) is 11.6 Å². The second-order valence-corrected chi connectivity index (χ2v) is 8.79. The van der Waals surface area contributed by atoms with Gasteiger partial charge in [0.25, 0.3) is 0 Å². The maximum atomic E-state index is 12.7. The Hall–Kier alpha value is -2.43. The van der Waals surface area contributed by atoms with Gasteiger partial charge >= 0.3 is 0 Å². The van der Waals surface area contributed by atoms with Crippen LogP contribution in [0, 0.1) is 20.8 Å². The van der Waals surface area contributed by atoms with Crippen LogP contribution in [0.3, 0.4) is 0 Å². The lowest BCUT2D eigenvalue weighted by molar-refractivity contribution is -0.112. The van der Waals surface area contributed by atoms with E-state index in [-0.39, 0.29) is 5.78 Å². The maximum absolute atomic E-state index is 12.7. The number of benzene rings is 2. The number of aryl methyl sites for hydroxylation is 1. The molecule has 1 aliphatic heterocycles. The third-order valence-corrected chi connectivity index (χ3v) is 6.92. The third-order valence-electron chi connectivity index (χ3n) is 5.51. The van der Waals surface area contributed by atoms with Gasteiger partial charge < -0.3 is 10.3 Å². The predicted octanol–water partition coefficient (Wildman–Crippen LogP) is 6.42. The summed E-state index contributed by atoms with van der Waals surface area (Å²) >= 11 is 8.01. The number of thioether (sulfide) groups is 1. The van der Waals surface area contributed by atoms with Crippen molar-refractivity contribution in [3.8, 4) is 0 Å². The fourth-order valence-electron chi connectivity index (χ4n) is 3.51. The average molecular weight is 423 g/mol. The highest BCUT2D eigenvalue weighted by molar-refractivity contribution is 7.98. The Morgan fingerprint density at radius 3 is 2.62 bits per heavy atom. The molecular weight excluding hydrogens is 400 g/mol. The van der Waals surface area contributed by atoms with Crippen LogP contribution in [0.5, 0.6) is 0 Å². The van der Waals surface area contributed by atoms with Gasteiger partial charge in [0.1, 0.15) is 0 Å². The van der Waals surface area contributed by atoms with Crippen LogP contribution >= 0.6 is 23.4 Å². The normalized spacial score (nSPS) is 14.8. The quantitative estimate of drug-likeness (QED) is 0.376. The Morgan fingerprint density at radius 1 is 1.10 bits per heavy atom. The van der Waals surface area contributed by atoms with E-state index in [1.54, 1.807) is 11.8 Å². The summed E-state index contributed by atoms with van der Waals surface area (Å²) in [5, 5.41) is 4.02. The van der Waals surface area contributed by atoms with E-state index in [9.17, 15) is 4.79 Å². The van der Waals surface area contributed by atoms with Gasteiger partial charge in [-0.15, -0.1) is 11.8 Å². The number of aromatic amines is 1. The lowest BCUT2D eigenvalue weighted by Gasteiger charge is -2.21. The number of hydrogen-bond donors (Lipinski definition) is 2. The molecule has 0 spiro atoms. The Balaban J connectivity index is 1.68. The Morgan fingerprint density at radius 2 is 1.90 bits per heavy atom. The van der Waals surface area contributed by atoms with Gasteiger partial charge in [0.05, 0.1) is 6.54 Å². The molecule has 2 heterocycles. The van der Waals surface area contributed by atoms with Crippen LogP contribution in [0.15, 0.2) is 47.4 Å². The second kappa shape index (κ2) is 8.13. The second-order valence-electron chi connectivity index (χ2n) is 7.34. The van der Waals surface area contributed by atoms with E-state index in [0.717, 1.165) is 49.4 Å². The average Bonchev–Trinajstić information content (AvgIpc) is 2.96. The minimum atomic E-state index is 0.107. The molecule has 3 aromatic rings. The van der Waals surface area contributed by atoms with Gasteiger partial charge in [-0.3, -0.25) is 4.79 Å². The number of Topliss-reactive ketones (excluding diaryl/α,β-unsaturated/α-hetero) is 1. The van der Waals surface area contributed by atoms with Crippen molar-refractivity contribution in [1.29, 1.82) is 0 Å². The first-order valence-corrected chi connectivity index (χ1v) is 11.0. The molecule has 3 nitrogen and oxygen atoms in total. The molecule has 0 amide bonds. The topological polar surface area (TPSA) is 44.9 Å². The summed E-state index contributed by atoms with van der Waals surface area (Å²) in [6.07, 6.45) is 2.00. The first-order chi connectivity index (χ1) is 13.9. The number of hydrogen-bond acceptors (Lipinski definition) is 3. The molecule has 4 rings (SSSR count). The molecule has 0 saturated heterocycles. The number of carbonyl (C=O) groups excluding carboxylic acids is 1. The zero-order chi connectivity index (χ0) is 20.5. The monoisotopic (exact) mass is 422 g/mol. The van der Waals surface area contributed by atoms with E-state index in [0.29, 0.717) is 6.54 Å². The van der Waals surface area contributed by atoms with Crippen molar-refractivity contribution in [2.24, 2.45) is 0 Å². The van der Waals surface area contributed by atoms with E-state index in [2.05, 4.69) is 49.3 Å². The van der Waals surface area contributed by atoms with Crippen LogP contribution in [0.4, 0.5) is 5.69 Å². The number of H-pyrrole nitrogens is 1. The molecule has 0 unspecified atom stereocenters. The molecule has 1 aromatic heterocycles. The van der Waals surface area contributed by atoms with E-state index < -0.39 is 0 Å². The molecule has 5 heteroatoms. The summed E-state index contributed by atoms with van der Waals surface area (Å²) in [5.41, 5.74) is 8.38. The van der Waals surface area contributed by atoms with E-state index >= 15 is 0 Å². The van der Waals surface area contributed by atoms with Crippen LogP contribution < -0.4 is 5.32 Å². The van der Waals surface area contributed by atoms with Crippen LogP contribution in [0.25, 0.3) is 11.6 Å². The molecular formula is C24H23ClN2OS. The smallest absolute Gasteiger partial charge is 0.182 e. The van der Waals surface area contributed by atoms with Crippen LogP contribution in [0.2, 0.25) is 5.02 Å². The van der Waals surface area contributed by atoms with E-state index in [1.807, 2.05) is 30.3 Å². The number of fused-ring (bicyclic) bond motifs is 1. The number of halogens is 1. The van der Waals surface area contributed by atoms with Gasteiger partial charge in [0, 0.05) is 43.9 Å². The number of aromatic nitrogens is 1.